The van der Waals surface area contributed by atoms with Crippen molar-refractivity contribution in [3.8, 4) is 0 Å². The number of aliphatic carboxylic acids is 1. The van der Waals surface area contributed by atoms with Gasteiger partial charge in [-0.05, 0) is 62.2 Å². The van der Waals surface area contributed by atoms with Gasteiger partial charge in [-0.3, -0.25) is 4.79 Å². The standard InChI is InChI=1S/C25H40N2O3/c1-2-3-5-10-24(28)27-23(25(29)30)19-22-13-11-20(12-14-22)8-6-4-7-9-21-15-17-26-18-16-21/h11-14,21,23,26H,2-10,15-19H2,1H3,(H,27,28)(H,29,30)/t23-/m0/s1. The first kappa shape index (κ1) is 24.4. The second kappa shape index (κ2) is 14.2. The van der Waals surface area contributed by atoms with Gasteiger partial charge in [-0.2, -0.15) is 0 Å². The number of piperidine rings is 1. The monoisotopic (exact) mass is 416 g/mol. The van der Waals surface area contributed by atoms with Crippen molar-refractivity contribution in [3.63, 3.8) is 0 Å². The second-order valence-electron chi connectivity index (χ2n) is 8.73. The molecule has 168 valence electrons. The Morgan fingerprint density at radius 2 is 1.73 bits per heavy atom. The Morgan fingerprint density at radius 3 is 2.40 bits per heavy atom. The van der Waals surface area contributed by atoms with Crippen molar-refractivity contribution in [2.75, 3.05) is 13.1 Å². The molecule has 2 rings (SSSR count). The Morgan fingerprint density at radius 1 is 1.03 bits per heavy atom. The number of carbonyl (C=O) groups is 2. The molecule has 1 aromatic rings. The minimum atomic E-state index is -0.975. The van der Waals surface area contributed by atoms with Gasteiger partial charge in [0.2, 0.25) is 5.91 Å². The maximum atomic E-state index is 12.0. The molecule has 0 aromatic heterocycles. The van der Waals surface area contributed by atoms with E-state index in [1.165, 1.54) is 57.2 Å². The summed E-state index contributed by atoms with van der Waals surface area (Å²) in [5.74, 6) is -0.228. The van der Waals surface area contributed by atoms with Crippen LogP contribution >= 0.6 is 0 Å². The molecule has 5 heteroatoms. The van der Waals surface area contributed by atoms with E-state index in [2.05, 4.69) is 29.7 Å². The van der Waals surface area contributed by atoms with Crippen LogP contribution in [-0.4, -0.2) is 36.1 Å². The fraction of sp³-hybridized carbons (Fsp3) is 0.680. The van der Waals surface area contributed by atoms with Crippen molar-refractivity contribution >= 4 is 11.9 Å². The summed E-state index contributed by atoms with van der Waals surface area (Å²) in [6.45, 7) is 4.45. The molecule has 1 aliphatic heterocycles. The zero-order chi connectivity index (χ0) is 21.6. The lowest BCUT2D eigenvalue weighted by atomic mass is 9.92. The van der Waals surface area contributed by atoms with Crippen LogP contribution in [-0.2, 0) is 22.4 Å². The maximum Gasteiger partial charge on any atom is 0.326 e. The van der Waals surface area contributed by atoms with Crippen molar-refractivity contribution < 1.29 is 14.7 Å². The highest BCUT2D eigenvalue weighted by Crippen LogP contribution is 2.20. The van der Waals surface area contributed by atoms with Gasteiger partial charge in [0.1, 0.15) is 6.04 Å². The van der Waals surface area contributed by atoms with Crippen molar-refractivity contribution in [2.24, 2.45) is 5.92 Å². The number of aryl methyl sites for hydroxylation is 1. The number of carboxylic acids is 1. The average molecular weight is 417 g/mol. The first-order chi connectivity index (χ1) is 14.6. The van der Waals surface area contributed by atoms with E-state index in [-0.39, 0.29) is 5.91 Å². The molecule has 1 aliphatic rings. The Labute approximate surface area is 182 Å². The van der Waals surface area contributed by atoms with Gasteiger partial charge >= 0.3 is 5.97 Å². The lowest BCUT2D eigenvalue weighted by Crippen LogP contribution is -2.42. The summed E-state index contributed by atoms with van der Waals surface area (Å²) in [7, 11) is 0. The van der Waals surface area contributed by atoms with Gasteiger partial charge in [-0.25, -0.2) is 4.79 Å². The fourth-order valence-corrected chi connectivity index (χ4v) is 4.19. The van der Waals surface area contributed by atoms with E-state index in [0.29, 0.717) is 12.8 Å². The van der Waals surface area contributed by atoms with Crippen LogP contribution in [0.3, 0.4) is 0 Å². The highest BCUT2D eigenvalue weighted by atomic mass is 16.4. The van der Waals surface area contributed by atoms with Crippen LogP contribution in [0.5, 0.6) is 0 Å². The number of hydrogen-bond acceptors (Lipinski definition) is 3. The molecule has 1 atom stereocenters. The van der Waals surface area contributed by atoms with Gasteiger partial charge in [0.15, 0.2) is 0 Å². The topological polar surface area (TPSA) is 78.4 Å². The molecule has 0 radical (unpaired) electrons. The third kappa shape index (κ3) is 9.75. The highest BCUT2D eigenvalue weighted by Gasteiger charge is 2.20. The van der Waals surface area contributed by atoms with Crippen LogP contribution in [0.15, 0.2) is 24.3 Å². The lowest BCUT2D eigenvalue weighted by molar-refractivity contribution is -0.141. The number of benzene rings is 1. The Hall–Kier alpha value is -1.88. The number of unbranched alkanes of at least 4 members (excludes halogenated alkanes) is 4. The van der Waals surface area contributed by atoms with Gasteiger partial charge in [0.05, 0.1) is 0 Å². The maximum absolute atomic E-state index is 12.0. The number of carboxylic acid groups (broad SMARTS) is 1. The largest absolute Gasteiger partial charge is 0.480 e. The van der Waals surface area contributed by atoms with Crippen molar-refractivity contribution in [1.29, 1.82) is 0 Å². The first-order valence-corrected chi connectivity index (χ1v) is 11.9. The molecule has 1 fully saturated rings. The Kier molecular flexibility index (Phi) is 11.5. The van der Waals surface area contributed by atoms with E-state index in [9.17, 15) is 14.7 Å². The van der Waals surface area contributed by atoms with Crippen molar-refractivity contribution in [2.45, 2.75) is 90.0 Å². The number of amides is 1. The molecule has 3 N–H and O–H groups in total. The summed E-state index contributed by atoms with van der Waals surface area (Å²) in [5.41, 5.74) is 2.25. The van der Waals surface area contributed by atoms with E-state index >= 15 is 0 Å². The molecule has 1 amide bonds. The zero-order valence-corrected chi connectivity index (χ0v) is 18.6. The molecule has 1 aromatic carbocycles. The Balaban J connectivity index is 1.68. The quantitative estimate of drug-likeness (QED) is 0.391. The van der Waals surface area contributed by atoms with Crippen LogP contribution in [0.4, 0.5) is 0 Å². The molecular weight excluding hydrogens is 376 g/mol. The molecule has 5 nitrogen and oxygen atoms in total. The zero-order valence-electron chi connectivity index (χ0n) is 18.6. The number of carbonyl (C=O) groups excluding carboxylic acids is 1. The molecular formula is C25H40N2O3. The van der Waals surface area contributed by atoms with Gasteiger partial charge in [-0.1, -0.05) is 63.3 Å². The summed E-state index contributed by atoms with van der Waals surface area (Å²) in [4.78, 5) is 23.5. The molecule has 0 unspecified atom stereocenters. The fourth-order valence-electron chi connectivity index (χ4n) is 4.19. The molecule has 0 spiro atoms. The van der Waals surface area contributed by atoms with Crippen molar-refractivity contribution in [1.82, 2.24) is 10.6 Å². The van der Waals surface area contributed by atoms with Crippen LogP contribution < -0.4 is 10.6 Å². The minimum Gasteiger partial charge on any atom is -0.480 e. The van der Waals surface area contributed by atoms with Gasteiger partial charge in [0, 0.05) is 12.8 Å². The molecule has 1 heterocycles. The van der Waals surface area contributed by atoms with Gasteiger partial charge < -0.3 is 15.7 Å². The number of nitrogens with one attached hydrogen (secondary N) is 2. The number of rotatable bonds is 14. The highest BCUT2D eigenvalue weighted by molar-refractivity contribution is 5.83. The second-order valence-corrected chi connectivity index (χ2v) is 8.73. The molecule has 0 saturated carbocycles. The molecule has 0 aliphatic carbocycles. The third-order valence-electron chi connectivity index (χ3n) is 6.14. The predicted octanol–water partition coefficient (Wildman–Crippen LogP) is 4.48. The van der Waals surface area contributed by atoms with Crippen LogP contribution in [0, 0.1) is 5.92 Å². The number of hydrogen-bond donors (Lipinski definition) is 3. The summed E-state index contributed by atoms with van der Waals surface area (Å²) in [6.07, 6.45) is 12.5. The summed E-state index contributed by atoms with van der Waals surface area (Å²) >= 11 is 0. The van der Waals surface area contributed by atoms with Crippen LogP contribution in [0.2, 0.25) is 0 Å². The molecule has 1 saturated heterocycles. The van der Waals surface area contributed by atoms with Gasteiger partial charge in [-0.15, -0.1) is 0 Å². The van der Waals surface area contributed by atoms with Crippen molar-refractivity contribution in [3.05, 3.63) is 35.4 Å². The third-order valence-corrected chi connectivity index (χ3v) is 6.14. The van der Waals surface area contributed by atoms with Crippen LogP contribution in [0.1, 0.15) is 82.3 Å². The van der Waals surface area contributed by atoms with Crippen LogP contribution in [0.25, 0.3) is 0 Å². The summed E-state index contributed by atoms with van der Waals surface area (Å²) in [6, 6.07) is 7.35. The minimum absolute atomic E-state index is 0.169. The SMILES string of the molecule is CCCCCC(=O)N[C@@H](Cc1ccc(CCCCCC2CCNCC2)cc1)C(=O)O. The van der Waals surface area contributed by atoms with Gasteiger partial charge in [0.25, 0.3) is 0 Å². The lowest BCUT2D eigenvalue weighted by Gasteiger charge is -2.22. The molecule has 30 heavy (non-hydrogen) atoms. The normalized spacial score (nSPS) is 15.6. The Bertz CT molecular complexity index is 624. The van der Waals surface area contributed by atoms with E-state index in [1.807, 2.05) is 12.1 Å². The van der Waals surface area contributed by atoms with E-state index in [0.717, 1.165) is 37.2 Å². The summed E-state index contributed by atoms with van der Waals surface area (Å²) in [5, 5.41) is 15.5. The predicted molar refractivity (Wildman–Crippen MR) is 122 cm³/mol. The molecule has 0 bridgehead atoms. The average Bonchev–Trinajstić information content (AvgIpc) is 2.75. The van der Waals surface area contributed by atoms with E-state index in [4.69, 9.17) is 0 Å². The van der Waals surface area contributed by atoms with E-state index < -0.39 is 12.0 Å². The summed E-state index contributed by atoms with van der Waals surface area (Å²) < 4.78 is 0. The first-order valence-electron chi connectivity index (χ1n) is 11.9. The van der Waals surface area contributed by atoms with E-state index in [1.54, 1.807) is 0 Å². The smallest absolute Gasteiger partial charge is 0.326 e.